The van der Waals surface area contributed by atoms with Crippen molar-refractivity contribution in [2.75, 3.05) is 40.5 Å². The maximum Gasteiger partial charge on any atom is 0.244 e. The Labute approximate surface area is 119 Å². The van der Waals surface area contributed by atoms with Crippen LogP contribution >= 0.6 is 0 Å². The van der Waals surface area contributed by atoms with Crippen molar-refractivity contribution in [1.29, 1.82) is 0 Å². The van der Waals surface area contributed by atoms with E-state index in [9.17, 15) is 8.42 Å². The molecule has 1 aromatic heterocycles. The average Bonchev–Trinajstić information content (AvgIpc) is 2.92. The fraction of sp³-hybridized carbons (Fsp3) is 0.667. The molecule has 0 aromatic carbocycles. The molecular formula is C12H22N2O5S. The summed E-state index contributed by atoms with van der Waals surface area (Å²) < 4.78 is 36.2. The Morgan fingerprint density at radius 1 is 1.25 bits per heavy atom. The first-order valence-corrected chi connectivity index (χ1v) is 7.76. The van der Waals surface area contributed by atoms with Gasteiger partial charge >= 0.3 is 0 Å². The highest BCUT2D eigenvalue weighted by Crippen LogP contribution is 2.17. The molecule has 20 heavy (non-hydrogen) atoms. The van der Waals surface area contributed by atoms with Crippen molar-refractivity contribution < 1.29 is 23.0 Å². The lowest BCUT2D eigenvalue weighted by molar-refractivity contribution is 0.164. The number of aliphatic hydroxyl groups is 1. The molecule has 0 fully saturated rings. The monoisotopic (exact) mass is 306 g/mol. The molecule has 2 N–H and O–H groups in total. The Kier molecular flexibility index (Phi) is 7.17. The van der Waals surface area contributed by atoms with Gasteiger partial charge in [-0.15, -0.1) is 0 Å². The number of methoxy groups -OCH3 is 2. The molecule has 116 valence electrons. The molecule has 0 aliphatic rings. The van der Waals surface area contributed by atoms with Crippen LogP contribution in [0.5, 0.6) is 0 Å². The van der Waals surface area contributed by atoms with Crippen LogP contribution in [0.2, 0.25) is 0 Å². The minimum absolute atomic E-state index is 0.148. The molecule has 8 heteroatoms. The number of nitrogens with one attached hydrogen (secondary N) is 1. The third-order valence-electron chi connectivity index (χ3n) is 2.83. The second kappa shape index (κ2) is 8.38. The van der Waals surface area contributed by atoms with Crippen LogP contribution in [0.25, 0.3) is 0 Å². The van der Waals surface area contributed by atoms with Gasteiger partial charge in [-0.25, -0.2) is 8.42 Å². The molecule has 0 aliphatic carbocycles. The van der Waals surface area contributed by atoms with Gasteiger partial charge in [0, 0.05) is 45.8 Å². The van der Waals surface area contributed by atoms with E-state index < -0.39 is 10.0 Å². The van der Waals surface area contributed by atoms with Gasteiger partial charge in [0.15, 0.2) is 0 Å². The molecule has 0 spiro atoms. The molecule has 0 amide bonds. The molecule has 0 radical (unpaired) electrons. The molecule has 1 aromatic rings. The van der Waals surface area contributed by atoms with Crippen LogP contribution in [0.15, 0.2) is 17.2 Å². The van der Waals surface area contributed by atoms with Crippen LogP contribution in [-0.4, -0.2) is 63.3 Å². The van der Waals surface area contributed by atoms with E-state index in [1.54, 1.807) is 7.11 Å². The van der Waals surface area contributed by atoms with Crippen LogP contribution in [0.3, 0.4) is 0 Å². The molecule has 0 saturated carbocycles. The van der Waals surface area contributed by atoms with Crippen LogP contribution in [0.1, 0.15) is 12.1 Å². The predicted octanol–water partition coefficient (Wildman–Crippen LogP) is 0.181. The minimum Gasteiger partial charge on any atom is -0.390 e. The largest absolute Gasteiger partial charge is 0.390 e. The number of ether oxygens (including phenoxy) is 2. The van der Waals surface area contributed by atoms with Crippen molar-refractivity contribution in [3.05, 3.63) is 18.0 Å². The van der Waals surface area contributed by atoms with Crippen molar-refractivity contribution in [2.24, 2.45) is 0 Å². The van der Waals surface area contributed by atoms with Crippen molar-refractivity contribution in [3.63, 3.8) is 0 Å². The fourth-order valence-electron chi connectivity index (χ4n) is 1.74. The number of hydrogen-bond acceptors (Lipinski definition) is 5. The summed E-state index contributed by atoms with van der Waals surface area (Å²) in [4.78, 5) is 2.88. The van der Waals surface area contributed by atoms with Gasteiger partial charge in [-0.1, -0.05) is 0 Å². The summed E-state index contributed by atoms with van der Waals surface area (Å²) in [5, 5.41) is 8.99. The van der Waals surface area contributed by atoms with E-state index in [-0.39, 0.29) is 18.0 Å². The summed E-state index contributed by atoms with van der Waals surface area (Å²) in [5.74, 6) is 0. The van der Waals surface area contributed by atoms with Gasteiger partial charge in [0.1, 0.15) is 0 Å². The lowest BCUT2D eigenvalue weighted by atomic mass is 10.4. The third kappa shape index (κ3) is 4.57. The number of aliphatic hydroxyl groups excluding tert-OH is 1. The van der Waals surface area contributed by atoms with E-state index in [2.05, 4.69) is 4.98 Å². The number of sulfonamides is 1. The number of aromatic amines is 1. The van der Waals surface area contributed by atoms with Crippen LogP contribution in [0.4, 0.5) is 0 Å². The minimum atomic E-state index is -3.59. The molecule has 0 aliphatic heterocycles. The zero-order chi connectivity index (χ0) is 15.0. The van der Waals surface area contributed by atoms with Gasteiger partial charge < -0.3 is 19.6 Å². The molecule has 0 bridgehead atoms. The second-order valence-corrected chi connectivity index (χ2v) is 6.20. The molecule has 0 unspecified atom stereocenters. The summed E-state index contributed by atoms with van der Waals surface area (Å²) >= 11 is 0. The van der Waals surface area contributed by atoms with E-state index in [0.717, 1.165) is 0 Å². The Balaban J connectivity index is 2.85. The molecule has 0 saturated heterocycles. The summed E-state index contributed by atoms with van der Waals surface area (Å²) in [6.07, 6.45) is 1.99. The number of nitrogens with zero attached hydrogens (tertiary/aromatic N) is 1. The first kappa shape index (κ1) is 17.1. The lowest BCUT2D eigenvalue weighted by Gasteiger charge is -2.21. The van der Waals surface area contributed by atoms with Gasteiger partial charge in [0.05, 0.1) is 18.1 Å². The maximum atomic E-state index is 12.5. The zero-order valence-electron chi connectivity index (χ0n) is 11.8. The van der Waals surface area contributed by atoms with E-state index in [0.29, 0.717) is 31.9 Å². The topological polar surface area (TPSA) is 91.9 Å². The number of rotatable bonds is 10. The quantitative estimate of drug-likeness (QED) is 0.602. The molecule has 7 nitrogen and oxygen atoms in total. The highest BCUT2D eigenvalue weighted by atomic mass is 32.2. The van der Waals surface area contributed by atoms with Crippen molar-refractivity contribution in [3.8, 4) is 0 Å². The van der Waals surface area contributed by atoms with E-state index in [1.807, 2.05) is 0 Å². The SMILES string of the molecule is COCCCN(CCOC)S(=O)(=O)c1c[nH]c(CO)c1. The van der Waals surface area contributed by atoms with E-state index >= 15 is 0 Å². The normalized spacial score (nSPS) is 12.2. The molecule has 1 rings (SSSR count). The first-order chi connectivity index (χ1) is 9.56. The predicted molar refractivity (Wildman–Crippen MR) is 73.8 cm³/mol. The van der Waals surface area contributed by atoms with Crippen LogP contribution in [-0.2, 0) is 26.1 Å². The summed E-state index contributed by atoms with van der Waals surface area (Å²) in [7, 11) is -0.483. The number of H-pyrrole nitrogens is 1. The molecular weight excluding hydrogens is 284 g/mol. The lowest BCUT2D eigenvalue weighted by Crippen LogP contribution is -2.35. The highest BCUT2D eigenvalue weighted by molar-refractivity contribution is 7.89. The van der Waals surface area contributed by atoms with Crippen LogP contribution < -0.4 is 0 Å². The highest BCUT2D eigenvalue weighted by Gasteiger charge is 2.24. The van der Waals surface area contributed by atoms with Crippen LogP contribution in [0, 0.1) is 0 Å². The van der Waals surface area contributed by atoms with Crippen molar-refractivity contribution in [2.45, 2.75) is 17.9 Å². The molecule has 1 heterocycles. The Morgan fingerprint density at radius 2 is 1.95 bits per heavy atom. The zero-order valence-corrected chi connectivity index (χ0v) is 12.6. The third-order valence-corrected chi connectivity index (χ3v) is 4.70. The maximum absolute atomic E-state index is 12.5. The first-order valence-electron chi connectivity index (χ1n) is 6.32. The smallest absolute Gasteiger partial charge is 0.244 e. The van der Waals surface area contributed by atoms with Gasteiger partial charge in [0.25, 0.3) is 0 Å². The Morgan fingerprint density at radius 3 is 2.50 bits per heavy atom. The molecule has 0 atom stereocenters. The van der Waals surface area contributed by atoms with Gasteiger partial charge in [-0.3, -0.25) is 0 Å². The standard InChI is InChI=1S/C12H22N2O5S/c1-18-6-3-4-14(5-7-19-2)20(16,17)12-8-11(10-15)13-9-12/h8-9,13,15H,3-7,10H2,1-2H3. The second-order valence-electron chi connectivity index (χ2n) is 4.26. The van der Waals surface area contributed by atoms with Crippen molar-refractivity contribution >= 4 is 10.0 Å². The fourth-order valence-corrected chi connectivity index (χ4v) is 3.22. The van der Waals surface area contributed by atoms with Crippen molar-refractivity contribution in [1.82, 2.24) is 9.29 Å². The summed E-state index contributed by atoms with van der Waals surface area (Å²) in [6.45, 7) is 1.23. The van der Waals surface area contributed by atoms with E-state index in [4.69, 9.17) is 14.6 Å². The van der Waals surface area contributed by atoms with Gasteiger partial charge in [0.2, 0.25) is 10.0 Å². The Bertz CT molecular complexity index is 486. The average molecular weight is 306 g/mol. The number of hydrogen-bond donors (Lipinski definition) is 2. The van der Waals surface area contributed by atoms with E-state index in [1.165, 1.54) is 23.7 Å². The summed E-state index contributed by atoms with van der Waals surface area (Å²) in [5.41, 5.74) is 0.465. The summed E-state index contributed by atoms with van der Waals surface area (Å²) in [6, 6.07) is 1.44. The number of aromatic nitrogens is 1. The Hall–Kier alpha value is -0.930. The van der Waals surface area contributed by atoms with Gasteiger partial charge in [-0.05, 0) is 12.5 Å². The van der Waals surface area contributed by atoms with Gasteiger partial charge in [-0.2, -0.15) is 4.31 Å².